The molecule has 0 spiro atoms. The third-order valence-corrected chi connectivity index (χ3v) is 5.11. The molecule has 6 heteroatoms. The zero-order chi connectivity index (χ0) is 19.8. The molecule has 1 saturated heterocycles. The van der Waals surface area contributed by atoms with Crippen molar-refractivity contribution < 1.29 is 14.3 Å². The Labute approximate surface area is 171 Å². The maximum absolute atomic E-state index is 12.5. The molecule has 1 heterocycles. The fourth-order valence-corrected chi connectivity index (χ4v) is 3.30. The smallest absolute Gasteiger partial charge is 0.257 e. The second kappa shape index (κ2) is 10.1. The molecule has 0 atom stereocenters. The Kier molecular flexibility index (Phi) is 7.25. The van der Waals surface area contributed by atoms with Crippen molar-refractivity contribution in [1.82, 2.24) is 10.2 Å². The lowest BCUT2D eigenvalue weighted by Crippen LogP contribution is -2.46. The first-order valence-corrected chi connectivity index (χ1v) is 10.0. The van der Waals surface area contributed by atoms with Crippen LogP contribution in [0.3, 0.4) is 0 Å². The summed E-state index contributed by atoms with van der Waals surface area (Å²) in [5.74, 6) is 1.94. The summed E-state index contributed by atoms with van der Waals surface area (Å²) in [4.78, 5) is 14.6. The van der Waals surface area contributed by atoms with Crippen LogP contribution in [0.4, 0.5) is 0 Å². The zero-order valence-corrected chi connectivity index (χ0v) is 16.9. The van der Waals surface area contributed by atoms with Gasteiger partial charge < -0.3 is 14.4 Å². The monoisotopic (exact) mass is 398 g/mol. The number of ether oxygens (including phenoxy) is 2. The van der Waals surface area contributed by atoms with E-state index >= 15 is 0 Å². The highest BCUT2D eigenvalue weighted by molar-refractivity contribution is 7.80. The number of carbonyl (C=O) groups excluding carboxylic acids is 1. The predicted molar refractivity (Wildman–Crippen MR) is 114 cm³/mol. The van der Waals surface area contributed by atoms with Gasteiger partial charge >= 0.3 is 0 Å². The van der Waals surface area contributed by atoms with Crippen LogP contribution in [-0.4, -0.2) is 42.2 Å². The normalized spacial score (nSPS) is 14.4. The number of thiocarbonyl (C=S) groups is 1. The molecule has 1 aliphatic rings. The standard InChI is InChI=1S/C22H26N2O3S/c1-17-10-12-24(13-11-17)22(28)23-21(25)18-6-5-9-20(16-18)27-15-14-26-19-7-3-2-4-8-19/h2-9,16-17H,10-15H2,1H3,(H,23,25,28). The molecule has 0 saturated carbocycles. The lowest BCUT2D eigenvalue weighted by atomic mass is 10.00. The maximum Gasteiger partial charge on any atom is 0.257 e. The van der Waals surface area contributed by atoms with E-state index in [9.17, 15) is 4.79 Å². The minimum Gasteiger partial charge on any atom is -0.490 e. The van der Waals surface area contributed by atoms with Crippen molar-refractivity contribution in [2.45, 2.75) is 19.8 Å². The van der Waals surface area contributed by atoms with Gasteiger partial charge in [0.05, 0.1) is 0 Å². The van der Waals surface area contributed by atoms with Crippen LogP contribution < -0.4 is 14.8 Å². The number of hydrogen-bond acceptors (Lipinski definition) is 4. The minimum atomic E-state index is -0.213. The van der Waals surface area contributed by atoms with E-state index in [4.69, 9.17) is 21.7 Å². The van der Waals surface area contributed by atoms with Crippen molar-refractivity contribution in [3.8, 4) is 11.5 Å². The number of benzene rings is 2. The number of hydrogen-bond donors (Lipinski definition) is 1. The third kappa shape index (κ3) is 5.96. The van der Waals surface area contributed by atoms with Gasteiger partial charge in [0.15, 0.2) is 5.11 Å². The molecule has 2 aromatic carbocycles. The first-order valence-electron chi connectivity index (χ1n) is 9.63. The number of carbonyl (C=O) groups is 1. The first-order chi connectivity index (χ1) is 13.6. The molecule has 1 fully saturated rings. The van der Waals surface area contributed by atoms with Crippen LogP contribution in [0, 0.1) is 5.92 Å². The highest BCUT2D eigenvalue weighted by Gasteiger charge is 2.19. The number of rotatable bonds is 6. The molecule has 0 unspecified atom stereocenters. The Morgan fingerprint density at radius 3 is 2.39 bits per heavy atom. The number of piperidine rings is 1. The first kappa shape index (κ1) is 20.1. The van der Waals surface area contributed by atoms with Gasteiger partial charge in [-0.2, -0.15) is 0 Å². The summed E-state index contributed by atoms with van der Waals surface area (Å²) >= 11 is 5.40. The Hall–Kier alpha value is -2.60. The summed E-state index contributed by atoms with van der Waals surface area (Å²) in [6.45, 7) is 4.85. The lowest BCUT2D eigenvalue weighted by Gasteiger charge is -2.32. The van der Waals surface area contributed by atoms with E-state index in [-0.39, 0.29) is 5.91 Å². The van der Waals surface area contributed by atoms with Crippen molar-refractivity contribution in [3.63, 3.8) is 0 Å². The highest BCUT2D eigenvalue weighted by Crippen LogP contribution is 2.17. The summed E-state index contributed by atoms with van der Waals surface area (Å²) in [7, 11) is 0. The van der Waals surface area contributed by atoms with E-state index in [2.05, 4.69) is 17.1 Å². The van der Waals surface area contributed by atoms with Crippen LogP contribution in [0.15, 0.2) is 54.6 Å². The molecule has 1 N–H and O–H groups in total. The average Bonchev–Trinajstić information content (AvgIpc) is 2.72. The van der Waals surface area contributed by atoms with Gasteiger partial charge in [0.1, 0.15) is 24.7 Å². The quantitative estimate of drug-likeness (QED) is 0.591. The van der Waals surface area contributed by atoms with E-state index in [0.29, 0.717) is 29.6 Å². The van der Waals surface area contributed by atoms with Gasteiger partial charge in [0, 0.05) is 18.7 Å². The lowest BCUT2D eigenvalue weighted by molar-refractivity contribution is 0.0971. The molecule has 5 nitrogen and oxygen atoms in total. The van der Waals surface area contributed by atoms with E-state index in [1.54, 1.807) is 18.2 Å². The predicted octanol–water partition coefficient (Wildman–Crippen LogP) is 3.89. The molecule has 0 radical (unpaired) electrons. The highest BCUT2D eigenvalue weighted by atomic mass is 32.1. The van der Waals surface area contributed by atoms with Gasteiger partial charge in [0.25, 0.3) is 5.91 Å². The van der Waals surface area contributed by atoms with E-state index in [0.717, 1.165) is 37.6 Å². The molecule has 0 bridgehead atoms. The second-order valence-corrected chi connectivity index (χ2v) is 7.35. The third-order valence-electron chi connectivity index (χ3n) is 4.75. The van der Waals surface area contributed by atoms with Crippen molar-refractivity contribution in [2.75, 3.05) is 26.3 Å². The summed E-state index contributed by atoms with van der Waals surface area (Å²) in [5.41, 5.74) is 0.522. The number of amides is 1. The van der Waals surface area contributed by atoms with Gasteiger partial charge in [-0.3, -0.25) is 10.1 Å². The molecule has 3 rings (SSSR count). The van der Waals surface area contributed by atoms with Crippen molar-refractivity contribution in [1.29, 1.82) is 0 Å². The molecule has 1 amide bonds. The van der Waals surface area contributed by atoms with Crippen molar-refractivity contribution in [3.05, 3.63) is 60.2 Å². The van der Waals surface area contributed by atoms with Gasteiger partial charge in [-0.05, 0) is 61.3 Å². The minimum absolute atomic E-state index is 0.213. The van der Waals surface area contributed by atoms with Crippen molar-refractivity contribution >= 4 is 23.2 Å². The summed E-state index contributed by atoms with van der Waals surface area (Å²) in [6, 6.07) is 16.7. The van der Waals surface area contributed by atoms with Crippen LogP contribution >= 0.6 is 12.2 Å². The van der Waals surface area contributed by atoms with Gasteiger partial charge in [-0.1, -0.05) is 31.2 Å². The number of nitrogens with zero attached hydrogens (tertiary/aromatic N) is 1. The Bertz CT molecular complexity index is 789. The number of nitrogens with one attached hydrogen (secondary N) is 1. The largest absolute Gasteiger partial charge is 0.490 e. The topological polar surface area (TPSA) is 50.8 Å². The second-order valence-electron chi connectivity index (χ2n) is 6.97. The van der Waals surface area contributed by atoms with E-state index in [1.807, 2.05) is 36.4 Å². The molecule has 28 heavy (non-hydrogen) atoms. The summed E-state index contributed by atoms with van der Waals surface area (Å²) in [6.07, 6.45) is 2.20. The molecule has 0 aromatic heterocycles. The average molecular weight is 399 g/mol. The van der Waals surface area contributed by atoms with Crippen LogP contribution in [0.1, 0.15) is 30.1 Å². The number of likely N-dealkylation sites (tertiary alicyclic amines) is 1. The van der Waals surface area contributed by atoms with Gasteiger partial charge in [-0.15, -0.1) is 0 Å². The molecule has 2 aromatic rings. The van der Waals surface area contributed by atoms with Crippen molar-refractivity contribution in [2.24, 2.45) is 5.92 Å². The van der Waals surface area contributed by atoms with E-state index in [1.165, 1.54) is 0 Å². The molecule has 1 aliphatic heterocycles. The molecular formula is C22H26N2O3S. The van der Waals surface area contributed by atoms with Crippen LogP contribution in [0.25, 0.3) is 0 Å². The number of para-hydroxylation sites is 1. The maximum atomic E-state index is 12.5. The molecule has 0 aliphatic carbocycles. The van der Waals surface area contributed by atoms with Gasteiger partial charge in [-0.25, -0.2) is 0 Å². The molecular weight excluding hydrogens is 372 g/mol. The van der Waals surface area contributed by atoms with Crippen LogP contribution in [0.5, 0.6) is 11.5 Å². The zero-order valence-electron chi connectivity index (χ0n) is 16.1. The summed E-state index contributed by atoms with van der Waals surface area (Å²) in [5, 5.41) is 3.33. The SMILES string of the molecule is CC1CCN(C(=S)NC(=O)c2cccc(OCCOc3ccccc3)c2)CC1. The van der Waals surface area contributed by atoms with Gasteiger partial charge in [0.2, 0.25) is 0 Å². The van der Waals surface area contributed by atoms with Crippen LogP contribution in [-0.2, 0) is 0 Å². The Morgan fingerprint density at radius 1 is 1.04 bits per heavy atom. The summed E-state index contributed by atoms with van der Waals surface area (Å²) < 4.78 is 11.3. The fourth-order valence-electron chi connectivity index (χ4n) is 3.02. The molecule has 148 valence electrons. The fraction of sp³-hybridized carbons (Fsp3) is 0.364. The van der Waals surface area contributed by atoms with Crippen LogP contribution in [0.2, 0.25) is 0 Å². The van der Waals surface area contributed by atoms with E-state index < -0.39 is 0 Å². The Morgan fingerprint density at radius 2 is 1.68 bits per heavy atom. The Balaban J connectivity index is 1.46.